The largest absolute Gasteiger partial charge is 0.319 e. The molecule has 0 unspecified atom stereocenters. The van der Waals surface area contributed by atoms with E-state index in [0.29, 0.717) is 0 Å². The molecule has 0 fully saturated rings. The molecule has 6 heteroatoms. The van der Waals surface area contributed by atoms with Gasteiger partial charge in [0.05, 0.1) is 7.11 Å². The van der Waals surface area contributed by atoms with Crippen LogP contribution in [0.4, 0.5) is 0 Å². The van der Waals surface area contributed by atoms with Gasteiger partial charge in [-0.2, -0.15) is 11.8 Å². The van der Waals surface area contributed by atoms with Crippen molar-refractivity contribution in [3.8, 4) is 0 Å². The predicted molar refractivity (Wildman–Crippen MR) is 80.9 cm³/mol. The van der Waals surface area contributed by atoms with Gasteiger partial charge in [0.2, 0.25) is 0 Å². The van der Waals surface area contributed by atoms with Gasteiger partial charge in [-0.15, -0.1) is 0 Å². The van der Waals surface area contributed by atoms with E-state index in [-0.39, 0.29) is 22.3 Å². The summed E-state index contributed by atoms with van der Waals surface area (Å²) in [5.41, 5.74) is 0. The van der Waals surface area contributed by atoms with E-state index >= 15 is 0 Å². The molecule has 3 nitrogen and oxygen atoms in total. The van der Waals surface area contributed by atoms with Gasteiger partial charge in [0.25, 0.3) is 0 Å². The molecule has 0 heterocycles. The fourth-order valence-corrected chi connectivity index (χ4v) is 0. The molecule has 0 aliphatic rings. The van der Waals surface area contributed by atoms with Crippen LogP contribution in [0.3, 0.4) is 0 Å². The molecular weight excluding hydrogens is 252 g/mol. The minimum Gasteiger partial charge on any atom is -0.319 e. The predicted octanol–water partition coefficient (Wildman–Crippen LogP) is 3.46. The zero-order valence-corrected chi connectivity index (χ0v) is 10.9. The molecule has 0 saturated heterocycles. The normalized spacial score (nSPS) is 7.07. The monoisotopic (exact) mass is 282 g/mol. The third-order valence-electron chi connectivity index (χ3n) is 0.167. The van der Waals surface area contributed by atoms with Crippen LogP contribution in [-0.4, -0.2) is 46.8 Å². The van der Waals surface area contributed by atoms with Crippen LogP contribution in [0.5, 0.6) is 0 Å². The van der Waals surface area contributed by atoms with Crippen molar-refractivity contribution in [2.75, 3.05) is 38.4 Å². The Morgan fingerprint density at radius 1 is 0.933 bits per heavy atom. The highest BCUT2D eigenvalue weighted by molar-refractivity contribution is 7.97. The highest BCUT2D eigenvalue weighted by Crippen LogP contribution is 1.84. The Morgan fingerprint density at radius 2 is 1.00 bits per heavy atom. The van der Waals surface area contributed by atoms with Gasteiger partial charge in [-0.05, 0) is 24.6 Å². The molecule has 0 aromatic heterocycles. The molecule has 0 N–H and O–H groups in total. The van der Waals surface area contributed by atoms with E-state index in [1.165, 1.54) is 12.0 Å². The zero-order chi connectivity index (χ0) is 10.6. The standard InChI is InChI=1S/C2H6O2S.C2H6OS.C2H6S.3CH4/c1-5(2,3)4;1-3-4-2;1-3-2;;;/h1-2H3;1-2H3;1-2H3;3*1H4. The topological polar surface area (TPSA) is 43.4 Å². The van der Waals surface area contributed by atoms with Gasteiger partial charge in [-0.25, -0.2) is 8.42 Å². The number of thioether (sulfide) groups is 1. The van der Waals surface area contributed by atoms with E-state index in [9.17, 15) is 8.42 Å². The summed E-state index contributed by atoms with van der Waals surface area (Å²) in [6.07, 6.45) is 8.28. The summed E-state index contributed by atoms with van der Waals surface area (Å²) in [5, 5.41) is 0. The average Bonchev–Trinajstić information content (AvgIpc) is 1.85. The molecule has 0 aromatic carbocycles. The smallest absolute Gasteiger partial charge is 0.144 e. The lowest BCUT2D eigenvalue weighted by Crippen LogP contribution is -1.86. The van der Waals surface area contributed by atoms with E-state index in [1.807, 2.05) is 18.8 Å². The number of hydrogen-bond donors (Lipinski definition) is 0. The molecule has 0 spiro atoms. The summed E-state index contributed by atoms with van der Waals surface area (Å²) in [5.74, 6) is 0. The van der Waals surface area contributed by atoms with Crippen molar-refractivity contribution < 1.29 is 12.6 Å². The third kappa shape index (κ3) is 896. The van der Waals surface area contributed by atoms with Crippen molar-refractivity contribution in [3.63, 3.8) is 0 Å². The van der Waals surface area contributed by atoms with Crippen molar-refractivity contribution >= 4 is 33.6 Å². The first kappa shape index (κ1) is 36.1. The zero-order valence-electron chi connectivity index (χ0n) is 8.45. The maximum Gasteiger partial charge on any atom is 0.144 e. The molecule has 0 bridgehead atoms. The van der Waals surface area contributed by atoms with Crippen LogP contribution in [0.1, 0.15) is 22.3 Å². The Kier molecular flexibility index (Phi) is 70.5. The van der Waals surface area contributed by atoms with Crippen LogP contribution >= 0.6 is 23.8 Å². The Morgan fingerprint density at radius 3 is 1.00 bits per heavy atom. The van der Waals surface area contributed by atoms with Crippen molar-refractivity contribution in [2.45, 2.75) is 22.3 Å². The molecular formula is C9H30O3S3. The Bertz CT molecular complexity index is 135. The molecule has 102 valence electrons. The lowest BCUT2D eigenvalue weighted by atomic mass is 11.8. The average molecular weight is 283 g/mol. The lowest BCUT2D eigenvalue weighted by molar-refractivity contribution is 0.493. The van der Waals surface area contributed by atoms with Gasteiger partial charge in [0, 0.05) is 18.8 Å². The maximum absolute atomic E-state index is 9.63. The fraction of sp³-hybridized carbons (Fsp3) is 1.00. The van der Waals surface area contributed by atoms with Crippen molar-refractivity contribution in [1.29, 1.82) is 0 Å². The quantitative estimate of drug-likeness (QED) is 0.689. The highest BCUT2D eigenvalue weighted by Gasteiger charge is 1.79. The SMILES string of the molecule is C.C.C.COSC.CS(C)(=O)=O.CSC. The summed E-state index contributed by atoms with van der Waals surface area (Å²) < 4.78 is 23.7. The Hall–Kier alpha value is 0.610. The van der Waals surface area contributed by atoms with E-state index in [0.717, 1.165) is 12.5 Å². The molecule has 0 amide bonds. The summed E-state index contributed by atoms with van der Waals surface area (Å²) in [6.45, 7) is 0. The second kappa shape index (κ2) is 29.3. The summed E-state index contributed by atoms with van der Waals surface area (Å²) >= 11 is 3.11. The first-order chi connectivity index (χ1) is 5.33. The molecule has 0 saturated carbocycles. The van der Waals surface area contributed by atoms with Crippen molar-refractivity contribution in [1.82, 2.24) is 0 Å². The highest BCUT2D eigenvalue weighted by atomic mass is 32.2. The second-order valence-electron chi connectivity index (χ2n) is 1.88. The second-order valence-corrected chi connectivity index (χ2v) is 5.65. The summed E-state index contributed by atoms with van der Waals surface area (Å²) in [6, 6.07) is 0. The minimum atomic E-state index is -2.67. The first-order valence-corrected chi connectivity index (χ1v) is 8.03. The van der Waals surface area contributed by atoms with E-state index in [4.69, 9.17) is 0 Å². The van der Waals surface area contributed by atoms with Crippen molar-refractivity contribution in [2.24, 2.45) is 0 Å². The van der Waals surface area contributed by atoms with Crippen LogP contribution in [0.2, 0.25) is 0 Å². The first-order valence-electron chi connectivity index (χ1n) is 2.95. The van der Waals surface area contributed by atoms with Gasteiger partial charge in [0.15, 0.2) is 0 Å². The lowest BCUT2D eigenvalue weighted by Gasteiger charge is -1.74. The van der Waals surface area contributed by atoms with E-state index in [2.05, 4.69) is 4.18 Å². The third-order valence-corrected chi connectivity index (χ3v) is 0.500. The fourth-order valence-electron chi connectivity index (χ4n) is 0. The van der Waals surface area contributed by atoms with Gasteiger partial charge < -0.3 is 4.18 Å². The maximum atomic E-state index is 9.63. The number of sulfone groups is 1. The molecule has 15 heavy (non-hydrogen) atoms. The molecule has 0 radical (unpaired) electrons. The molecule has 0 aliphatic heterocycles. The minimum absolute atomic E-state index is 0. The Labute approximate surface area is 107 Å². The van der Waals surface area contributed by atoms with Gasteiger partial charge in [0.1, 0.15) is 9.84 Å². The van der Waals surface area contributed by atoms with E-state index in [1.54, 1.807) is 18.9 Å². The van der Waals surface area contributed by atoms with Gasteiger partial charge >= 0.3 is 0 Å². The van der Waals surface area contributed by atoms with Gasteiger partial charge in [-0.1, -0.05) is 22.3 Å². The van der Waals surface area contributed by atoms with Gasteiger partial charge in [-0.3, -0.25) is 0 Å². The van der Waals surface area contributed by atoms with Crippen LogP contribution in [0.25, 0.3) is 0 Å². The summed E-state index contributed by atoms with van der Waals surface area (Å²) in [7, 11) is -1.02. The Balaban J connectivity index is -0.0000000189. The summed E-state index contributed by atoms with van der Waals surface area (Å²) in [4.78, 5) is 0. The van der Waals surface area contributed by atoms with Crippen molar-refractivity contribution in [3.05, 3.63) is 0 Å². The molecule has 0 aromatic rings. The molecule has 0 rings (SSSR count). The van der Waals surface area contributed by atoms with Crippen LogP contribution in [0.15, 0.2) is 0 Å². The number of hydrogen-bond acceptors (Lipinski definition) is 5. The molecule has 0 aliphatic carbocycles. The van der Waals surface area contributed by atoms with Crippen LogP contribution in [-0.2, 0) is 14.0 Å². The van der Waals surface area contributed by atoms with Crippen LogP contribution < -0.4 is 0 Å². The number of rotatable bonds is 1. The van der Waals surface area contributed by atoms with E-state index < -0.39 is 9.84 Å². The van der Waals surface area contributed by atoms with Crippen LogP contribution in [0, 0.1) is 0 Å². The molecule has 0 atom stereocenters.